The Kier molecular flexibility index (Phi) is 4.34. The molecule has 1 aromatic rings. The minimum absolute atomic E-state index is 0.292. The van der Waals surface area contributed by atoms with Crippen LogP contribution in [0.1, 0.15) is 11.1 Å². The van der Waals surface area contributed by atoms with Crippen molar-refractivity contribution < 1.29 is 13.2 Å². The zero-order valence-electron chi connectivity index (χ0n) is 10.4. The normalized spacial score (nSPS) is 15.4. The zero-order chi connectivity index (χ0) is 13.0. The van der Waals surface area contributed by atoms with Crippen molar-refractivity contribution in [3.05, 3.63) is 29.3 Å². The molecule has 2 rings (SSSR count). The summed E-state index contributed by atoms with van der Waals surface area (Å²) >= 11 is 0. The number of benzene rings is 1. The van der Waals surface area contributed by atoms with E-state index >= 15 is 0 Å². The summed E-state index contributed by atoms with van der Waals surface area (Å²) in [5.41, 5.74) is 2.00. The second-order valence-corrected chi connectivity index (χ2v) is 5.95. The van der Waals surface area contributed by atoms with Crippen molar-refractivity contribution in [2.24, 2.45) is 0 Å². The molecule has 5 nitrogen and oxygen atoms in total. The van der Waals surface area contributed by atoms with Crippen LogP contribution in [0.3, 0.4) is 0 Å². The predicted octanol–water partition coefficient (Wildman–Crippen LogP) is 0.257. The van der Waals surface area contributed by atoms with Gasteiger partial charge in [0.25, 0.3) is 0 Å². The average Bonchev–Trinajstić information content (AvgIpc) is 2.38. The summed E-state index contributed by atoms with van der Waals surface area (Å²) in [4.78, 5) is 0.401. The summed E-state index contributed by atoms with van der Waals surface area (Å²) in [6, 6.07) is 5.42. The van der Waals surface area contributed by atoms with Gasteiger partial charge in [-0.1, -0.05) is 12.1 Å². The Labute approximate surface area is 108 Å². The molecule has 1 aliphatic heterocycles. The average molecular weight is 270 g/mol. The van der Waals surface area contributed by atoms with Crippen molar-refractivity contribution in [2.75, 3.05) is 26.8 Å². The lowest BCUT2D eigenvalue weighted by Gasteiger charge is -2.20. The first-order valence-electron chi connectivity index (χ1n) is 5.95. The van der Waals surface area contributed by atoms with Crippen LogP contribution in [0.2, 0.25) is 0 Å². The van der Waals surface area contributed by atoms with E-state index in [9.17, 15) is 8.42 Å². The fourth-order valence-corrected chi connectivity index (χ4v) is 3.43. The van der Waals surface area contributed by atoms with Crippen LogP contribution in [-0.2, 0) is 27.7 Å². The third kappa shape index (κ3) is 2.89. The highest BCUT2D eigenvalue weighted by Crippen LogP contribution is 2.22. The molecule has 18 heavy (non-hydrogen) atoms. The molecule has 1 aromatic carbocycles. The molecule has 0 amide bonds. The van der Waals surface area contributed by atoms with Gasteiger partial charge in [-0.05, 0) is 30.2 Å². The van der Waals surface area contributed by atoms with Crippen LogP contribution in [-0.4, -0.2) is 35.2 Å². The second kappa shape index (κ2) is 5.79. The van der Waals surface area contributed by atoms with Gasteiger partial charge in [0.1, 0.15) is 0 Å². The molecule has 0 saturated carbocycles. The molecule has 0 fully saturated rings. The Balaban J connectivity index is 2.27. The largest absolute Gasteiger partial charge is 0.383 e. The van der Waals surface area contributed by atoms with Crippen molar-refractivity contribution in [2.45, 2.75) is 17.9 Å². The van der Waals surface area contributed by atoms with Crippen LogP contribution in [0, 0.1) is 0 Å². The Bertz CT molecular complexity index is 514. The van der Waals surface area contributed by atoms with E-state index in [1.54, 1.807) is 19.2 Å². The molecule has 1 heterocycles. The van der Waals surface area contributed by atoms with Gasteiger partial charge >= 0.3 is 0 Å². The molecule has 0 unspecified atom stereocenters. The minimum Gasteiger partial charge on any atom is -0.383 e. The van der Waals surface area contributed by atoms with Gasteiger partial charge < -0.3 is 10.1 Å². The van der Waals surface area contributed by atoms with Gasteiger partial charge in [0.15, 0.2) is 0 Å². The number of hydrogen-bond acceptors (Lipinski definition) is 4. The monoisotopic (exact) mass is 270 g/mol. The van der Waals surface area contributed by atoms with Crippen LogP contribution in [0.25, 0.3) is 0 Å². The number of rotatable bonds is 5. The molecule has 1 aliphatic rings. The number of ether oxygens (including phenoxy) is 1. The number of fused-ring (bicyclic) bond motifs is 1. The fourth-order valence-electron chi connectivity index (χ4n) is 2.10. The molecule has 0 radical (unpaired) electrons. The van der Waals surface area contributed by atoms with Crippen LogP contribution in [0.5, 0.6) is 0 Å². The number of methoxy groups -OCH3 is 1. The first-order valence-corrected chi connectivity index (χ1v) is 7.43. The number of nitrogens with one attached hydrogen (secondary N) is 2. The summed E-state index contributed by atoms with van der Waals surface area (Å²) < 4.78 is 31.8. The van der Waals surface area contributed by atoms with Gasteiger partial charge in [0, 0.05) is 20.2 Å². The molecule has 0 saturated heterocycles. The molecular formula is C12H18N2O3S. The summed E-state index contributed by atoms with van der Waals surface area (Å²) in [5.74, 6) is 0. The molecule has 0 aliphatic carbocycles. The number of hydrogen-bond donors (Lipinski definition) is 2. The Morgan fingerprint density at radius 1 is 1.44 bits per heavy atom. The van der Waals surface area contributed by atoms with Crippen LogP contribution < -0.4 is 10.0 Å². The predicted molar refractivity (Wildman–Crippen MR) is 68.9 cm³/mol. The van der Waals surface area contributed by atoms with E-state index in [0.29, 0.717) is 18.0 Å². The first-order chi connectivity index (χ1) is 8.65. The maximum Gasteiger partial charge on any atom is 0.240 e. The second-order valence-electron chi connectivity index (χ2n) is 4.21. The van der Waals surface area contributed by atoms with Gasteiger partial charge in [0.2, 0.25) is 10.0 Å². The highest BCUT2D eigenvalue weighted by Gasteiger charge is 2.21. The lowest BCUT2D eigenvalue weighted by molar-refractivity contribution is 0.204. The molecule has 0 atom stereocenters. The molecule has 0 spiro atoms. The van der Waals surface area contributed by atoms with Crippen LogP contribution in [0.15, 0.2) is 23.1 Å². The van der Waals surface area contributed by atoms with E-state index < -0.39 is 10.0 Å². The van der Waals surface area contributed by atoms with Gasteiger partial charge in [-0.2, -0.15) is 0 Å². The van der Waals surface area contributed by atoms with Crippen molar-refractivity contribution in [1.82, 2.24) is 10.0 Å². The van der Waals surface area contributed by atoms with E-state index in [2.05, 4.69) is 10.0 Å². The molecular weight excluding hydrogens is 252 g/mol. The Morgan fingerprint density at radius 2 is 2.28 bits per heavy atom. The van der Waals surface area contributed by atoms with Crippen molar-refractivity contribution in [3.8, 4) is 0 Å². The quantitative estimate of drug-likeness (QED) is 0.753. The highest BCUT2D eigenvalue weighted by atomic mass is 32.2. The van der Waals surface area contributed by atoms with Crippen LogP contribution >= 0.6 is 0 Å². The lowest BCUT2D eigenvalue weighted by Crippen LogP contribution is -2.31. The van der Waals surface area contributed by atoms with E-state index in [1.165, 1.54) is 0 Å². The van der Waals surface area contributed by atoms with Crippen LogP contribution in [0.4, 0.5) is 0 Å². The highest BCUT2D eigenvalue weighted by molar-refractivity contribution is 7.89. The summed E-state index contributed by atoms with van der Waals surface area (Å²) in [6.07, 6.45) is 0.747. The summed E-state index contributed by atoms with van der Waals surface area (Å²) in [6.45, 7) is 2.21. The standard InChI is InChI=1S/C12H18N2O3S/c1-17-8-7-14-18(15,16)12-4-2-3-10-9-13-6-5-11(10)12/h2-4,13-14H,5-9H2,1H3. The molecule has 100 valence electrons. The molecule has 0 bridgehead atoms. The lowest BCUT2D eigenvalue weighted by atomic mass is 10.0. The van der Waals surface area contributed by atoms with Gasteiger partial charge in [-0.25, -0.2) is 13.1 Å². The third-order valence-electron chi connectivity index (χ3n) is 2.99. The van der Waals surface area contributed by atoms with Gasteiger partial charge in [-0.3, -0.25) is 0 Å². The van der Waals surface area contributed by atoms with Crippen molar-refractivity contribution >= 4 is 10.0 Å². The summed E-state index contributed by atoms with van der Waals surface area (Å²) in [7, 11) is -1.89. The van der Waals surface area contributed by atoms with Crippen molar-refractivity contribution in [1.29, 1.82) is 0 Å². The van der Waals surface area contributed by atoms with Gasteiger partial charge in [0.05, 0.1) is 11.5 Å². The smallest absolute Gasteiger partial charge is 0.240 e. The Morgan fingerprint density at radius 3 is 3.06 bits per heavy atom. The Hall–Kier alpha value is -0.950. The molecule has 2 N–H and O–H groups in total. The maximum atomic E-state index is 12.2. The van der Waals surface area contributed by atoms with Crippen molar-refractivity contribution in [3.63, 3.8) is 0 Å². The summed E-state index contributed by atoms with van der Waals surface area (Å²) in [5, 5.41) is 3.24. The van der Waals surface area contributed by atoms with E-state index in [4.69, 9.17) is 4.74 Å². The third-order valence-corrected chi connectivity index (χ3v) is 4.53. The molecule has 6 heteroatoms. The van der Waals surface area contributed by atoms with Gasteiger partial charge in [-0.15, -0.1) is 0 Å². The zero-order valence-corrected chi connectivity index (χ0v) is 11.2. The van der Waals surface area contributed by atoms with E-state index in [0.717, 1.165) is 30.6 Å². The first kappa shape index (κ1) is 13.5. The topological polar surface area (TPSA) is 67.4 Å². The maximum absolute atomic E-state index is 12.2. The van der Waals surface area contributed by atoms with E-state index in [1.807, 2.05) is 6.07 Å². The fraction of sp³-hybridized carbons (Fsp3) is 0.500. The molecule has 0 aromatic heterocycles. The minimum atomic E-state index is -3.43. The number of sulfonamides is 1. The SMILES string of the molecule is COCCNS(=O)(=O)c1cccc2c1CCNC2. The van der Waals surface area contributed by atoms with E-state index in [-0.39, 0.29) is 0 Å².